The van der Waals surface area contributed by atoms with Gasteiger partial charge in [-0.25, -0.2) is 8.42 Å². The zero-order valence-electron chi connectivity index (χ0n) is 7.64. The van der Waals surface area contributed by atoms with Gasteiger partial charge in [-0.3, -0.25) is 0 Å². The lowest BCUT2D eigenvalue weighted by molar-refractivity contribution is -0.0512. The Morgan fingerprint density at radius 2 is 2.07 bits per heavy atom. The van der Waals surface area contributed by atoms with Crippen LogP contribution in [0.3, 0.4) is 0 Å². The zero-order valence-corrected chi connectivity index (χ0v) is 8.45. The van der Waals surface area contributed by atoms with Gasteiger partial charge in [0.15, 0.2) is 0 Å². The molecule has 0 bridgehead atoms. The van der Waals surface area contributed by atoms with Crippen molar-refractivity contribution in [3.63, 3.8) is 0 Å². The van der Waals surface area contributed by atoms with Crippen LogP contribution < -0.4 is 4.74 Å². The van der Waals surface area contributed by atoms with E-state index in [0.717, 1.165) is 11.8 Å². The van der Waals surface area contributed by atoms with Gasteiger partial charge >= 0.3 is 5.62 Å². The van der Waals surface area contributed by atoms with Crippen molar-refractivity contribution >= 4 is 9.84 Å². The molecule has 0 fully saturated rings. The van der Waals surface area contributed by atoms with Crippen molar-refractivity contribution in [2.45, 2.75) is 12.2 Å². The largest absolute Gasteiger partial charge is 0.450 e. The third-order valence-electron chi connectivity index (χ3n) is 1.92. The van der Waals surface area contributed by atoms with Crippen LogP contribution in [0, 0.1) is 0 Å². The maximum Gasteiger partial charge on any atom is 0.304 e. The molecule has 1 aliphatic rings. The van der Waals surface area contributed by atoms with Crippen LogP contribution in [-0.2, 0) is 21.2 Å². The number of hydrogen-bond acceptors (Lipinski definition) is 4. The minimum atomic E-state index is -3.31. The molecule has 0 radical (unpaired) electrons. The van der Waals surface area contributed by atoms with Crippen molar-refractivity contribution < 1.29 is 17.9 Å². The van der Waals surface area contributed by atoms with Gasteiger partial charge in [0.05, 0.1) is 6.61 Å². The molecule has 1 heterocycles. The lowest BCUT2D eigenvalue weighted by Crippen LogP contribution is -2.32. The Balaban J connectivity index is 2.30. The Labute approximate surface area is 82.4 Å². The molecule has 4 nitrogen and oxygen atoms in total. The molecule has 14 heavy (non-hydrogen) atoms. The second-order valence-corrected chi connectivity index (χ2v) is 5.20. The van der Waals surface area contributed by atoms with Crippen LogP contribution in [0.4, 0.5) is 0 Å². The van der Waals surface area contributed by atoms with Crippen LogP contribution >= 0.6 is 0 Å². The van der Waals surface area contributed by atoms with E-state index >= 15 is 0 Å². The van der Waals surface area contributed by atoms with Crippen molar-refractivity contribution in [3.05, 3.63) is 29.8 Å². The van der Waals surface area contributed by atoms with E-state index in [4.69, 9.17) is 9.47 Å². The Morgan fingerprint density at radius 3 is 2.79 bits per heavy atom. The molecule has 2 rings (SSSR count). The van der Waals surface area contributed by atoms with Crippen molar-refractivity contribution in [2.24, 2.45) is 0 Å². The molecule has 1 aliphatic heterocycles. The normalized spacial score (nSPS) is 21.1. The zero-order chi connectivity index (χ0) is 10.2. The van der Waals surface area contributed by atoms with Gasteiger partial charge < -0.3 is 9.47 Å². The lowest BCUT2D eigenvalue weighted by atomic mass is 10.2. The average molecular weight is 214 g/mol. The number of hydrogen-bond donors (Lipinski definition) is 0. The molecular formula is C9H10O4S. The van der Waals surface area contributed by atoms with Gasteiger partial charge in [0, 0.05) is 11.8 Å². The highest BCUT2D eigenvalue weighted by Gasteiger charge is 2.28. The number of fused-ring (bicyclic) bond motifs is 1. The molecule has 5 heteroatoms. The van der Waals surface area contributed by atoms with E-state index in [2.05, 4.69) is 0 Å². The third kappa shape index (κ3) is 1.73. The number of benzene rings is 1. The molecule has 0 N–H and O–H groups in total. The molecule has 76 valence electrons. The van der Waals surface area contributed by atoms with Gasteiger partial charge in [-0.2, -0.15) is 0 Å². The van der Waals surface area contributed by atoms with E-state index in [-0.39, 0.29) is 6.61 Å². The van der Waals surface area contributed by atoms with E-state index in [0.29, 0.717) is 5.75 Å². The van der Waals surface area contributed by atoms with Crippen LogP contribution in [0.2, 0.25) is 0 Å². The average Bonchev–Trinajstić information content (AvgIpc) is 2.16. The predicted molar refractivity (Wildman–Crippen MR) is 50.5 cm³/mol. The Bertz CT molecular complexity index is 438. The van der Waals surface area contributed by atoms with E-state index in [9.17, 15) is 8.42 Å². The molecule has 1 aromatic rings. The topological polar surface area (TPSA) is 52.6 Å². The summed E-state index contributed by atoms with van der Waals surface area (Å²) in [6, 6.07) is 7.22. The molecule has 1 unspecified atom stereocenters. The molecule has 1 atom stereocenters. The summed E-state index contributed by atoms with van der Waals surface area (Å²) < 4.78 is 32.5. The number of rotatable bonds is 1. The maximum absolute atomic E-state index is 11.1. The minimum absolute atomic E-state index is 0.272. The summed E-state index contributed by atoms with van der Waals surface area (Å²) in [6.07, 6.45) is 1.09. The van der Waals surface area contributed by atoms with Crippen LogP contribution in [0.25, 0.3) is 0 Å². The van der Waals surface area contributed by atoms with Gasteiger partial charge in [-0.05, 0) is 6.07 Å². The van der Waals surface area contributed by atoms with Gasteiger partial charge in [0.2, 0.25) is 9.84 Å². The monoisotopic (exact) mass is 214 g/mol. The van der Waals surface area contributed by atoms with E-state index in [1.54, 1.807) is 12.1 Å². The number of ether oxygens (including phenoxy) is 2. The fourth-order valence-corrected chi connectivity index (χ4v) is 1.84. The van der Waals surface area contributed by atoms with E-state index in [1.165, 1.54) is 0 Å². The molecule has 0 saturated carbocycles. The summed E-state index contributed by atoms with van der Waals surface area (Å²) in [7, 11) is -3.31. The minimum Gasteiger partial charge on any atom is -0.450 e. The molecule has 1 aromatic carbocycles. The van der Waals surface area contributed by atoms with E-state index < -0.39 is 15.5 Å². The maximum atomic E-state index is 11.1. The van der Waals surface area contributed by atoms with Crippen LogP contribution in [0.15, 0.2) is 24.3 Å². The van der Waals surface area contributed by atoms with Crippen molar-refractivity contribution in [3.8, 4) is 5.75 Å². The molecule has 0 spiro atoms. The van der Waals surface area contributed by atoms with Gasteiger partial charge in [-0.15, -0.1) is 0 Å². The highest BCUT2D eigenvalue weighted by Crippen LogP contribution is 2.26. The standard InChI is InChI=1S/C9H10O4S/c1-14(10,11)9-12-6-7-4-2-3-5-8(7)13-9/h2-5,9H,6H2,1H3. The smallest absolute Gasteiger partial charge is 0.304 e. The van der Waals surface area contributed by atoms with Crippen LogP contribution in [-0.4, -0.2) is 20.3 Å². The van der Waals surface area contributed by atoms with Crippen molar-refractivity contribution in [1.29, 1.82) is 0 Å². The summed E-state index contributed by atoms with van der Waals surface area (Å²) in [5, 5.41) is 0. The van der Waals surface area contributed by atoms with Gasteiger partial charge in [0.1, 0.15) is 5.75 Å². The first-order valence-electron chi connectivity index (χ1n) is 4.12. The first kappa shape index (κ1) is 9.48. The number of para-hydroxylation sites is 1. The second kappa shape index (κ2) is 3.25. The quantitative estimate of drug-likeness (QED) is 0.697. The summed E-state index contributed by atoms with van der Waals surface area (Å²) in [5.41, 5.74) is -0.301. The highest BCUT2D eigenvalue weighted by atomic mass is 32.2. The third-order valence-corrected chi connectivity index (χ3v) is 2.85. The van der Waals surface area contributed by atoms with Gasteiger partial charge in [-0.1, -0.05) is 18.2 Å². The summed E-state index contributed by atoms with van der Waals surface area (Å²) in [5.74, 6) is 0.578. The van der Waals surface area contributed by atoms with E-state index in [1.807, 2.05) is 12.1 Å². The molecule has 0 saturated heterocycles. The number of sulfone groups is 1. The first-order valence-corrected chi connectivity index (χ1v) is 6.08. The Morgan fingerprint density at radius 1 is 1.36 bits per heavy atom. The fourth-order valence-electron chi connectivity index (χ4n) is 1.24. The summed E-state index contributed by atoms with van der Waals surface area (Å²) >= 11 is 0. The van der Waals surface area contributed by atoms with Crippen molar-refractivity contribution in [2.75, 3.05) is 6.26 Å². The summed E-state index contributed by atoms with van der Waals surface area (Å²) in [6.45, 7) is 0.272. The molecule has 0 aliphatic carbocycles. The van der Waals surface area contributed by atoms with Crippen molar-refractivity contribution in [1.82, 2.24) is 0 Å². The summed E-state index contributed by atoms with van der Waals surface area (Å²) in [4.78, 5) is 0. The lowest BCUT2D eigenvalue weighted by Gasteiger charge is -2.24. The first-order chi connectivity index (χ1) is 6.57. The molecule has 0 amide bonds. The second-order valence-electron chi connectivity index (χ2n) is 3.15. The fraction of sp³-hybridized carbons (Fsp3) is 0.333. The molecular weight excluding hydrogens is 204 g/mol. The highest BCUT2D eigenvalue weighted by molar-refractivity contribution is 7.91. The van der Waals surface area contributed by atoms with Crippen LogP contribution in [0.5, 0.6) is 5.75 Å². The van der Waals surface area contributed by atoms with Crippen LogP contribution in [0.1, 0.15) is 5.56 Å². The molecule has 0 aromatic heterocycles. The van der Waals surface area contributed by atoms with Gasteiger partial charge in [0.25, 0.3) is 0 Å². The SMILES string of the molecule is CS(=O)(=O)C1OCc2ccccc2O1. The predicted octanol–water partition coefficient (Wildman–Crippen LogP) is 0.924. The Kier molecular flexibility index (Phi) is 2.20. The Hall–Kier alpha value is -1.07.